The number of nitrogens with one attached hydrogen (secondary N) is 1. The molecule has 0 bridgehead atoms. The van der Waals surface area contributed by atoms with E-state index in [9.17, 15) is 4.79 Å². The first-order chi connectivity index (χ1) is 11.5. The average Bonchev–Trinajstić information content (AvgIpc) is 2.91. The molecule has 6 nitrogen and oxygen atoms in total. The summed E-state index contributed by atoms with van der Waals surface area (Å²) in [5.74, 6) is 0.216. The van der Waals surface area contributed by atoms with E-state index in [1.165, 1.54) is 10.4 Å². The molecule has 3 aromatic rings. The molecule has 0 fully saturated rings. The Hall–Kier alpha value is -3.02. The molecule has 0 saturated carbocycles. The Morgan fingerprint density at radius 3 is 2.54 bits per heavy atom. The maximum Gasteiger partial charge on any atom is 0.279 e. The van der Waals surface area contributed by atoms with Crippen LogP contribution in [0.25, 0.3) is 5.69 Å². The lowest BCUT2D eigenvalue weighted by Crippen LogP contribution is -2.16. The second kappa shape index (κ2) is 6.23. The van der Waals surface area contributed by atoms with Crippen molar-refractivity contribution in [2.75, 3.05) is 5.32 Å². The molecule has 0 saturated heterocycles. The molecule has 0 aliphatic heterocycles. The summed E-state index contributed by atoms with van der Waals surface area (Å²) in [6.45, 7) is 7.69. The van der Waals surface area contributed by atoms with Crippen LogP contribution in [0, 0.1) is 27.7 Å². The highest BCUT2D eigenvalue weighted by molar-refractivity contribution is 6.03. The van der Waals surface area contributed by atoms with Gasteiger partial charge in [-0.3, -0.25) is 4.79 Å². The van der Waals surface area contributed by atoms with Crippen LogP contribution in [0.5, 0.6) is 0 Å². The highest BCUT2D eigenvalue weighted by Gasteiger charge is 2.18. The molecule has 1 aromatic carbocycles. The van der Waals surface area contributed by atoms with Gasteiger partial charge in [-0.1, -0.05) is 23.8 Å². The summed E-state index contributed by atoms with van der Waals surface area (Å²) in [5, 5.41) is 11.5. The van der Waals surface area contributed by atoms with Gasteiger partial charge in [0.05, 0.1) is 11.4 Å². The van der Waals surface area contributed by atoms with E-state index in [0.29, 0.717) is 17.2 Å². The number of hydrogen-bond donors (Lipinski definition) is 1. The van der Waals surface area contributed by atoms with Crippen molar-refractivity contribution in [1.82, 2.24) is 20.0 Å². The van der Waals surface area contributed by atoms with E-state index in [4.69, 9.17) is 0 Å². The summed E-state index contributed by atoms with van der Waals surface area (Å²) in [5.41, 5.74) is 4.84. The van der Waals surface area contributed by atoms with Crippen LogP contribution >= 0.6 is 0 Å². The number of anilines is 1. The van der Waals surface area contributed by atoms with E-state index in [1.54, 1.807) is 13.1 Å². The van der Waals surface area contributed by atoms with Crippen LogP contribution in [0.4, 0.5) is 5.82 Å². The topological polar surface area (TPSA) is 72.7 Å². The van der Waals surface area contributed by atoms with Crippen molar-refractivity contribution in [3.8, 4) is 5.69 Å². The Bertz CT molecular complexity index is 914. The van der Waals surface area contributed by atoms with Crippen LogP contribution < -0.4 is 5.32 Å². The Kier molecular flexibility index (Phi) is 4.12. The molecule has 0 radical (unpaired) electrons. The number of amides is 1. The minimum Gasteiger partial charge on any atom is -0.305 e. The van der Waals surface area contributed by atoms with E-state index in [0.717, 1.165) is 16.8 Å². The number of nitrogens with zero attached hydrogens (tertiary/aromatic N) is 4. The maximum atomic E-state index is 12.5. The minimum atomic E-state index is -0.315. The van der Waals surface area contributed by atoms with Crippen molar-refractivity contribution >= 4 is 11.7 Å². The molecule has 1 N–H and O–H groups in total. The molecule has 2 aromatic heterocycles. The first-order valence-corrected chi connectivity index (χ1v) is 7.70. The Balaban J connectivity index is 1.91. The number of pyridine rings is 1. The van der Waals surface area contributed by atoms with Gasteiger partial charge in [-0.15, -0.1) is 5.10 Å². The normalized spacial score (nSPS) is 10.7. The third kappa shape index (κ3) is 3.03. The fourth-order valence-electron chi connectivity index (χ4n) is 2.51. The number of hydrogen-bond acceptors (Lipinski definition) is 4. The summed E-state index contributed by atoms with van der Waals surface area (Å²) in [6.07, 6.45) is 1.64. The van der Waals surface area contributed by atoms with Gasteiger partial charge in [0.15, 0.2) is 5.69 Å². The first kappa shape index (κ1) is 15.9. The van der Waals surface area contributed by atoms with Crippen LogP contribution in [-0.4, -0.2) is 25.9 Å². The van der Waals surface area contributed by atoms with Crippen molar-refractivity contribution < 1.29 is 4.79 Å². The van der Waals surface area contributed by atoms with Crippen molar-refractivity contribution in [2.24, 2.45) is 0 Å². The molecule has 1 amide bonds. The van der Waals surface area contributed by atoms with Gasteiger partial charge in [0.2, 0.25) is 0 Å². The lowest BCUT2D eigenvalue weighted by Gasteiger charge is -2.06. The van der Waals surface area contributed by atoms with E-state index in [1.807, 2.05) is 45.0 Å². The number of rotatable bonds is 3. The summed E-state index contributed by atoms with van der Waals surface area (Å²) in [6, 6.07) is 9.73. The maximum absolute atomic E-state index is 12.5. The van der Waals surface area contributed by atoms with Crippen molar-refractivity contribution in [3.05, 3.63) is 64.6 Å². The van der Waals surface area contributed by atoms with Crippen LogP contribution in [0.3, 0.4) is 0 Å². The minimum absolute atomic E-state index is 0.292. The van der Waals surface area contributed by atoms with Gasteiger partial charge < -0.3 is 5.32 Å². The number of aryl methyl sites for hydroxylation is 4. The van der Waals surface area contributed by atoms with Gasteiger partial charge in [-0.2, -0.15) is 9.90 Å². The highest BCUT2D eigenvalue weighted by Crippen LogP contribution is 2.16. The SMILES string of the molecule is Cc1ccc(-n2nc(C)c(C(=O)Nc3ncccc3C)n2)c(C)c1. The van der Waals surface area contributed by atoms with Gasteiger partial charge in [-0.05, 0) is 51.0 Å². The standard InChI is InChI=1S/C18H19N5O/c1-11-7-8-15(13(3)10-11)23-21-14(4)16(22-23)18(24)20-17-12(2)6-5-9-19-17/h5-10H,1-4H3,(H,19,20,24). The fraction of sp³-hybridized carbons (Fsp3) is 0.222. The Labute approximate surface area is 140 Å². The number of benzene rings is 1. The zero-order chi connectivity index (χ0) is 17.3. The molecule has 0 atom stereocenters. The van der Waals surface area contributed by atoms with Crippen LogP contribution in [0.1, 0.15) is 32.9 Å². The van der Waals surface area contributed by atoms with Gasteiger partial charge in [-0.25, -0.2) is 4.98 Å². The van der Waals surface area contributed by atoms with Crippen LogP contribution in [0.15, 0.2) is 36.5 Å². The van der Waals surface area contributed by atoms with Gasteiger partial charge in [0.25, 0.3) is 5.91 Å². The first-order valence-electron chi connectivity index (χ1n) is 7.70. The predicted molar refractivity (Wildman–Crippen MR) is 92.5 cm³/mol. The molecule has 6 heteroatoms. The zero-order valence-corrected chi connectivity index (χ0v) is 14.2. The summed E-state index contributed by atoms with van der Waals surface area (Å²) >= 11 is 0. The van der Waals surface area contributed by atoms with Crippen LogP contribution in [0.2, 0.25) is 0 Å². The molecule has 0 aliphatic carbocycles. The fourth-order valence-corrected chi connectivity index (χ4v) is 2.51. The van der Waals surface area contributed by atoms with Gasteiger partial charge >= 0.3 is 0 Å². The van der Waals surface area contributed by atoms with E-state index >= 15 is 0 Å². The van der Waals surface area contributed by atoms with E-state index in [2.05, 4.69) is 26.6 Å². The monoisotopic (exact) mass is 321 g/mol. The van der Waals surface area contributed by atoms with Crippen LogP contribution in [-0.2, 0) is 0 Å². The molecule has 0 aliphatic rings. The molecule has 3 rings (SSSR count). The molecule has 2 heterocycles. The summed E-state index contributed by atoms with van der Waals surface area (Å²) in [7, 11) is 0. The van der Waals surface area contributed by atoms with Crippen molar-refractivity contribution in [3.63, 3.8) is 0 Å². The van der Waals surface area contributed by atoms with Gasteiger partial charge in [0.1, 0.15) is 5.82 Å². The lowest BCUT2D eigenvalue weighted by atomic mass is 10.1. The largest absolute Gasteiger partial charge is 0.305 e. The van der Waals surface area contributed by atoms with Gasteiger partial charge in [0, 0.05) is 6.20 Å². The van der Waals surface area contributed by atoms with Crippen molar-refractivity contribution in [2.45, 2.75) is 27.7 Å². The third-order valence-electron chi connectivity index (χ3n) is 3.81. The number of carbonyl (C=O) groups excluding carboxylic acids is 1. The number of carbonyl (C=O) groups is 1. The highest BCUT2D eigenvalue weighted by atomic mass is 16.2. The Morgan fingerprint density at radius 2 is 1.83 bits per heavy atom. The lowest BCUT2D eigenvalue weighted by molar-refractivity contribution is 0.102. The third-order valence-corrected chi connectivity index (χ3v) is 3.81. The summed E-state index contributed by atoms with van der Waals surface area (Å²) in [4.78, 5) is 18.2. The average molecular weight is 321 g/mol. The zero-order valence-electron chi connectivity index (χ0n) is 14.2. The second-order valence-corrected chi connectivity index (χ2v) is 5.84. The molecule has 24 heavy (non-hydrogen) atoms. The molecule has 0 spiro atoms. The predicted octanol–water partition coefficient (Wildman–Crippen LogP) is 3.15. The number of aromatic nitrogens is 4. The molecular formula is C18H19N5O. The molecular weight excluding hydrogens is 302 g/mol. The molecule has 122 valence electrons. The van der Waals surface area contributed by atoms with E-state index < -0.39 is 0 Å². The van der Waals surface area contributed by atoms with Crippen molar-refractivity contribution in [1.29, 1.82) is 0 Å². The second-order valence-electron chi connectivity index (χ2n) is 5.84. The quantitative estimate of drug-likeness (QED) is 0.804. The molecule has 0 unspecified atom stereocenters. The smallest absolute Gasteiger partial charge is 0.279 e. The Morgan fingerprint density at radius 1 is 1.04 bits per heavy atom. The van der Waals surface area contributed by atoms with E-state index in [-0.39, 0.29) is 5.91 Å². The summed E-state index contributed by atoms with van der Waals surface area (Å²) < 4.78 is 0.